The van der Waals surface area contributed by atoms with E-state index < -0.39 is 0 Å². The summed E-state index contributed by atoms with van der Waals surface area (Å²) in [6, 6.07) is 9.93. The van der Waals surface area contributed by atoms with Crippen LogP contribution in [-0.2, 0) is 0 Å². The van der Waals surface area contributed by atoms with Crippen LogP contribution in [0.15, 0.2) is 68.0 Å². The molecule has 1 aromatic carbocycles. The molecule has 0 bridgehead atoms. The van der Waals surface area contributed by atoms with Crippen LogP contribution in [-0.4, -0.2) is 33.1 Å². The summed E-state index contributed by atoms with van der Waals surface area (Å²) < 4.78 is 0. The van der Waals surface area contributed by atoms with E-state index in [2.05, 4.69) is 34.5 Å². The monoisotopic (exact) mass is 334 g/mol. The quantitative estimate of drug-likeness (QED) is 0.431. The van der Waals surface area contributed by atoms with Gasteiger partial charge in [0.2, 0.25) is 0 Å². The average Bonchev–Trinajstić information content (AvgIpc) is 2.61. The highest BCUT2D eigenvalue weighted by Crippen LogP contribution is 2.29. The molecule has 1 N–H and O–H groups in total. The van der Waals surface area contributed by atoms with Crippen molar-refractivity contribution in [2.45, 2.75) is 0 Å². The number of rotatable bonds is 5. The molecule has 0 spiro atoms. The molecule has 0 unspecified atom stereocenters. The van der Waals surface area contributed by atoms with E-state index in [4.69, 9.17) is 12.2 Å². The molecular formula is C19H18N4S. The molecular weight excluding hydrogens is 316 g/mol. The predicted molar refractivity (Wildman–Crippen MR) is 105 cm³/mol. The zero-order valence-electron chi connectivity index (χ0n) is 13.3. The summed E-state index contributed by atoms with van der Waals surface area (Å²) in [4.78, 5) is 11.0. The summed E-state index contributed by atoms with van der Waals surface area (Å²) in [6.07, 6.45) is 7.20. The lowest BCUT2D eigenvalue weighted by molar-refractivity contribution is 0.522. The van der Waals surface area contributed by atoms with E-state index in [1.807, 2.05) is 41.3 Å². The number of benzene rings is 1. The SMILES string of the molecule is C=CCN(CC=C)C(=S)Nc1cc2cccnc2c2ncccc12. The lowest BCUT2D eigenvalue weighted by atomic mass is 10.1. The molecule has 0 aliphatic heterocycles. The van der Waals surface area contributed by atoms with Crippen molar-refractivity contribution in [1.29, 1.82) is 0 Å². The average molecular weight is 334 g/mol. The zero-order chi connectivity index (χ0) is 16.9. The van der Waals surface area contributed by atoms with E-state index in [-0.39, 0.29) is 0 Å². The smallest absolute Gasteiger partial charge is 0.174 e. The van der Waals surface area contributed by atoms with Gasteiger partial charge in [-0.25, -0.2) is 0 Å². The highest BCUT2D eigenvalue weighted by molar-refractivity contribution is 7.80. The van der Waals surface area contributed by atoms with Crippen molar-refractivity contribution in [3.05, 3.63) is 68.0 Å². The van der Waals surface area contributed by atoms with Crippen LogP contribution >= 0.6 is 12.2 Å². The molecule has 24 heavy (non-hydrogen) atoms. The Morgan fingerprint density at radius 2 is 1.75 bits per heavy atom. The molecule has 0 amide bonds. The first kappa shape index (κ1) is 16.1. The van der Waals surface area contributed by atoms with Gasteiger partial charge in [-0.05, 0) is 36.5 Å². The summed E-state index contributed by atoms with van der Waals surface area (Å²) in [7, 11) is 0. The molecule has 4 nitrogen and oxygen atoms in total. The topological polar surface area (TPSA) is 41.0 Å². The molecule has 120 valence electrons. The standard InChI is InChI=1S/C19H18N4S/c1-3-11-23(12-4-2)19(24)22-16-13-14-7-5-9-20-17(14)18-15(16)8-6-10-21-18/h3-10,13H,1-2,11-12H2,(H,22,24). The molecule has 0 aliphatic rings. The third-order valence-corrected chi connectivity index (χ3v) is 4.05. The minimum absolute atomic E-state index is 0.628. The van der Waals surface area contributed by atoms with Gasteiger partial charge in [-0.1, -0.05) is 18.2 Å². The molecule has 3 rings (SSSR count). The van der Waals surface area contributed by atoms with Crippen molar-refractivity contribution in [3.8, 4) is 0 Å². The number of hydrogen-bond donors (Lipinski definition) is 1. The highest BCUT2D eigenvalue weighted by Gasteiger charge is 2.12. The van der Waals surface area contributed by atoms with Gasteiger partial charge in [-0.15, -0.1) is 13.2 Å². The minimum atomic E-state index is 0.628. The molecule has 2 aromatic heterocycles. The number of nitrogens with one attached hydrogen (secondary N) is 1. The van der Waals surface area contributed by atoms with Crippen molar-refractivity contribution in [1.82, 2.24) is 14.9 Å². The molecule has 5 heteroatoms. The molecule has 0 saturated heterocycles. The minimum Gasteiger partial charge on any atom is -0.342 e. The van der Waals surface area contributed by atoms with Gasteiger partial charge < -0.3 is 10.2 Å². The Balaban J connectivity index is 2.06. The maximum absolute atomic E-state index is 5.56. The zero-order valence-corrected chi connectivity index (χ0v) is 14.1. The van der Waals surface area contributed by atoms with Gasteiger partial charge >= 0.3 is 0 Å². The van der Waals surface area contributed by atoms with Crippen molar-refractivity contribution < 1.29 is 0 Å². The Morgan fingerprint density at radius 1 is 1.08 bits per heavy atom. The summed E-state index contributed by atoms with van der Waals surface area (Å²) in [5.74, 6) is 0. The van der Waals surface area contributed by atoms with Crippen LogP contribution < -0.4 is 5.32 Å². The first-order valence-electron chi connectivity index (χ1n) is 7.64. The fourth-order valence-corrected chi connectivity index (χ4v) is 2.89. The van der Waals surface area contributed by atoms with Crippen molar-refractivity contribution in [2.75, 3.05) is 18.4 Å². The summed E-state index contributed by atoms with van der Waals surface area (Å²) in [5.41, 5.74) is 2.67. The summed E-state index contributed by atoms with van der Waals surface area (Å²) >= 11 is 5.56. The van der Waals surface area contributed by atoms with Crippen LogP contribution in [0.5, 0.6) is 0 Å². The number of nitrogens with zero attached hydrogens (tertiary/aromatic N) is 3. The Labute approximate surface area is 146 Å². The van der Waals surface area contributed by atoms with E-state index in [9.17, 15) is 0 Å². The van der Waals surface area contributed by atoms with Gasteiger partial charge in [0, 0.05) is 36.3 Å². The van der Waals surface area contributed by atoms with Crippen LogP contribution in [0.1, 0.15) is 0 Å². The lowest BCUT2D eigenvalue weighted by Gasteiger charge is -2.23. The third kappa shape index (κ3) is 3.12. The largest absolute Gasteiger partial charge is 0.342 e. The van der Waals surface area contributed by atoms with Crippen LogP contribution in [0.25, 0.3) is 21.8 Å². The number of hydrogen-bond acceptors (Lipinski definition) is 3. The molecule has 2 heterocycles. The molecule has 0 atom stereocenters. The van der Waals surface area contributed by atoms with E-state index in [1.54, 1.807) is 12.4 Å². The maximum atomic E-state index is 5.56. The van der Waals surface area contributed by atoms with E-state index in [1.165, 1.54) is 0 Å². The second kappa shape index (κ2) is 7.19. The van der Waals surface area contributed by atoms with Gasteiger partial charge in [-0.2, -0.15) is 0 Å². The van der Waals surface area contributed by atoms with Crippen LogP contribution in [0, 0.1) is 0 Å². The van der Waals surface area contributed by atoms with Gasteiger partial charge in [0.05, 0.1) is 16.7 Å². The second-order valence-corrected chi connectivity index (χ2v) is 5.70. The number of fused-ring (bicyclic) bond motifs is 3. The molecule has 0 aliphatic carbocycles. The normalized spacial score (nSPS) is 10.5. The first-order chi connectivity index (χ1) is 11.7. The third-order valence-electron chi connectivity index (χ3n) is 3.69. The number of aromatic nitrogens is 2. The Kier molecular flexibility index (Phi) is 4.82. The van der Waals surface area contributed by atoms with Crippen molar-refractivity contribution >= 4 is 44.8 Å². The Bertz CT molecular complexity index is 910. The second-order valence-electron chi connectivity index (χ2n) is 5.31. The number of thiocarbonyl (C=S) groups is 1. The predicted octanol–water partition coefficient (Wildman–Crippen LogP) is 4.15. The number of pyridine rings is 2. The molecule has 3 aromatic rings. The fourth-order valence-electron chi connectivity index (χ4n) is 2.63. The van der Waals surface area contributed by atoms with Crippen molar-refractivity contribution in [2.24, 2.45) is 0 Å². The molecule has 0 fully saturated rings. The maximum Gasteiger partial charge on any atom is 0.174 e. The van der Waals surface area contributed by atoms with Gasteiger partial charge in [0.25, 0.3) is 0 Å². The van der Waals surface area contributed by atoms with E-state index in [0.717, 1.165) is 27.5 Å². The van der Waals surface area contributed by atoms with E-state index in [0.29, 0.717) is 18.2 Å². The van der Waals surface area contributed by atoms with Crippen LogP contribution in [0.4, 0.5) is 5.69 Å². The molecule has 0 saturated carbocycles. The number of anilines is 1. The highest BCUT2D eigenvalue weighted by atomic mass is 32.1. The fraction of sp³-hybridized carbons (Fsp3) is 0.105. The van der Waals surface area contributed by atoms with E-state index >= 15 is 0 Å². The van der Waals surface area contributed by atoms with Crippen molar-refractivity contribution in [3.63, 3.8) is 0 Å². The summed E-state index contributed by atoms with van der Waals surface area (Å²) in [6.45, 7) is 8.87. The van der Waals surface area contributed by atoms with Crippen LogP contribution in [0.3, 0.4) is 0 Å². The Hall–Kier alpha value is -2.79. The summed E-state index contributed by atoms with van der Waals surface area (Å²) in [5, 5.41) is 5.98. The lowest BCUT2D eigenvalue weighted by Crippen LogP contribution is -2.35. The van der Waals surface area contributed by atoms with Gasteiger partial charge in [0.15, 0.2) is 5.11 Å². The van der Waals surface area contributed by atoms with Gasteiger partial charge in [0.1, 0.15) is 0 Å². The van der Waals surface area contributed by atoms with Crippen LogP contribution in [0.2, 0.25) is 0 Å². The Morgan fingerprint density at radius 3 is 2.46 bits per heavy atom. The van der Waals surface area contributed by atoms with Gasteiger partial charge in [-0.3, -0.25) is 9.97 Å². The molecule has 0 radical (unpaired) electrons. The first-order valence-corrected chi connectivity index (χ1v) is 8.05.